The Morgan fingerprint density at radius 1 is 1.20 bits per heavy atom. The van der Waals surface area contributed by atoms with Crippen molar-refractivity contribution in [2.24, 2.45) is 0 Å². The topological polar surface area (TPSA) is 63.8 Å². The summed E-state index contributed by atoms with van der Waals surface area (Å²) in [6.07, 6.45) is 4.45. The third kappa shape index (κ3) is 3.70. The fourth-order valence-electron chi connectivity index (χ4n) is 2.23. The predicted molar refractivity (Wildman–Crippen MR) is 83.7 cm³/mol. The number of nitrogens with one attached hydrogen (secondary N) is 1. The van der Waals surface area contributed by atoms with E-state index in [1.54, 1.807) is 0 Å². The van der Waals surface area contributed by atoms with Gasteiger partial charge in [-0.2, -0.15) is 0 Å². The molecule has 2 aromatic rings. The van der Waals surface area contributed by atoms with Crippen molar-refractivity contribution in [2.75, 3.05) is 11.1 Å². The molecule has 0 aliphatic carbocycles. The maximum Gasteiger partial charge on any atom is 0.134 e. The Morgan fingerprint density at radius 3 is 2.65 bits per heavy atom. The van der Waals surface area contributed by atoms with E-state index in [0.717, 1.165) is 30.6 Å². The molecular formula is C16H22N4. The van der Waals surface area contributed by atoms with Crippen LogP contribution in [0.1, 0.15) is 31.4 Å². The Bertz CT molecular complexity index is 539. The molecule has 0 amide bonds. The van der Waals surface area contributed by atoms with Crippen LogP contribution in [0, 0.1) is 0 Å². The number of anilines is 2. The summed E-state index contributed by atoms with van der Waals surface area (Å²) in [4.78, 5) is 8.34. The Hall–Kier alpha value is -2.10. The number of aryl methyl sites for hydroxylation is 1. The van der Waals surface area contributed by atoms with Crippen molar-refractivity contribution in [1.29, 1.82) is 0 Å². The van der Waals surface area contributed by atoms with Crippen LogP contribution in [0.3, 0.4) is 0 Å². The van der Waals surface area contributed by atoms with E-state index in [1.807, 2.05) is 6.07 Å². The highest BCUT2D eigenvalue weighted by Crippen LogP contribution is 2.19. The molecule has 4 nitrogen and oxygen atoms in total. The zero-order valence-electron chi connectivity index (χ0n) is 12.1. The first kappa shape index (κ1) is 14.3. The van der Waals surface area contributed by atoms with Gasteiger partial charge in [0.2, 0.25) is 0 Å². The molecule has 3 N–H and O–H groups in total. The van der Waals surface area contributed by atoms with Crippen molar-refractivity contribution in [1.82, 2.24) is 9.97 Å². The summed E-state index contributed by atoms with van der Waals surface area (Å²) in [5.74, 6) is 1.43. The van der Waals surface area contributed by atoms with Crippen LogP contribution in [0.25, 0.3) is 0 Å². The average Bonchev–Trinajstić information content (AvgIpc) is 2.46. The molecule has 20 heavy (non-hydrogen) atoms. The second-order valence-electron chi connectivity index (χ2n) is 5.01. The lowest BCUT2D eigenvalue weighted by molar-refractivity contribution is 0.701. The van der Waals surface area contributed by atoms with Gasteiger partial charge in [0.05, 0.1) is 0 Å². The highest BCUT2D eigenvalue weighted by molar-refractivity contribution is 5.55. The number of benzene rings is 1. The highest BCUT2D eigenvalue weighted by Gasteiger charge is 2.10. The van der Waals surface area contributed by atoms with Gasteiger partial charge in [0, 0.05) is 11.6 Å². The van der Waals surface area contributed by atoms with Gasteiger partial charge in [-0.1, -0.05) is 37.3 Å². The van der Waals surface area contributed by atoms with Crippen molar-refractivity contribution in [3.05, 3.63) is 47.8 Å². The van der Waals surface area contributed by atoms with Crippen LogP contribution in [0.4, 0.5) is 11.6 Å². The van der Waals surface area contributed by atoms with Crippen LogP contribution in [0.5, 0.6) is 0 Å². The molecule has 1 aromatic carbocycles. The summed E-state index contributed by atoms with van der Waals surface area (Å²) in [6, 6.07) is 10.9. The fourth-order valence-corrected chi connectivity index (χ4v) is 2.23. The molecule has 0 aliphatic rings. The van der Waals surface area contributed by atoms with E-state index in [0.29, 0.717) is 11.9 Å². The van der Waals surface area contributed by atoms with Crippen molar-refractivity contribution in [3.63, 3.8) is 0 Å². The fraction of sp³-hybridized carbons (Fsp3) is 0.375. The van der Waals surface area contributed by atoms with E-state index in [-0.39, 0.29) is 0 Å². The molecule has 0 spiro atoms. The normalized spacial score (nSPS) is 12.1. The monoisotopic (exact) mass is 270 g/mol. The Morgan fingerprint density at radius 2 is 1.95 bits per heavy atom. The second kappa shape index (κ2) is 6.89. The van der Waals surface area contributed by atoms with Crippen molar-refractivity contribution in [3.8, 4) is 0 Å². The standard InChI is InChI=1S/C16H22N4/c1-3-14-15(17)18-11-19-16(14)20-12(2)9-10-13-7-5-4-6-8-13/h4-8,11-12H,3,9-10H2,1-2H3,(H3,17,18,19,20). The number of nitrogens with two attached hydrogens (primary N) is 1. The van der Waals surface area contributed by atoms with Crippen LogP contribution >= 0.6 is 0 Å². The summed E-state index contributed by atoms with van der Waals surface area (Å²) in [7, 11) is 0. The van der Waals surface area contributed by atoms with Gasteiger partial charge in [-0.25, -0.2) is 9.97 Å². The minimum atomic E-state index is 0.342. The lowest BCUT2D eigenvalue weighted by Gasteiger charge is -2.17. The number of hydrogen-bond acceptors (Lipinski definition) is 4. The maximum absolute atomic E-state index is 5.88. The van der Waals surface area contributed by atoms with Gasteiger partial charge in [-0.3, -0.25) is 0 Å². The van der Waals surface area contributed by atoms with Crippen molar-refractivity contribution < 1.29 is 0 Å². The summed E-state index contributed by atoms with van der Waals surface area (Å²) in [5.41, 5.74) is 8.24. The number of aromatic nitrogens is 2. The van der Waals surface area contributed by atoms with E-state index in [1.165, 1.54) is 11.9 Å². The Labute approximate surface area is 120 Å². The molecule has 1 aromatic heterocycles. The van der Waals surface area contributed by atoms with Gasteiger partial charge in [0.15, 0.2) is 0 Å². The van der Waals surface area contributed by atoms with E-state index in [2.05, 4.69) is 53.4 Å². The molecule has 0 aliphatic heterocycles. The third-order valence-electron chi connectivity index (χ3n) is 3.42. The van der Waals surface area contributed by atoms with Crippen LogP contribution < -0.4 is 11.1 Å². The molecule has 0 radical (unpaired) electrons. The minimum Gasteiger partial charge on any atom is -0.383 e. The van der Waals surface area contributed by atoms with Gasteiger partial charge < -0.3 is 11.1 Å². The average molecular weight is 270 g/mol. The third-order valence-corrected chi connectivity index (χ3v) is 3.42. The molecule has 2 rings (SSSR count). The molecule has 0 saturated carbocycles. The van der Waals surface area contributed by atoms with Gasteiger partial charge in [-0.15, -0.1) is 0 Å². The highest BCUT2D eigenvalue weighted by atomic mass is 15.0. The van der Waals surface area contributed by atoms with E-state index in [4.69, 9.17) is 5.73 Å². The Balaban J connectivity index is 1.95. The first-order chi connectivity index (χ1) is 9.70. The molecule has 106 valence electrons. The molecular weight excluding hydrogens is 248 g/mol. The largest absolute Gasteiger partial charge is 0.383 e. The second-order valence-corrected chi connectivity index (χ2v) is 5.01. The summed E-state index contributed by atoms with van der Waals surface area (Å²) in [6.45, 7) is 4.23. The summed E-state index contributed by atoms with van der Waals surface area (Å²) < 4.78 is 0. The SMILES string of the molecule is CCc1c(N)ncnc1NC(C)CCc1ccccc1. The quantitative estimate of drug-likeness (QED) is 0.846. The number of nitrogen functional groups attached to an aromatic ring is 1. The summed E-state index contributed by atoms with van der Waals surface area (Å²) >= 11 is 0. The van der Waals surface area contributed by atoms with Gasteiger partial charge in [0.25, 0.3) is 0 Å². The number of nitrogens with zero attached hydrogens (tertiary/aromatic N) is 2. The summed E-state index contributed by atoms with van der Waals surface area (Å²) in [5, 5.41) is 3.44. The van der Waals surface area contributed by atoms with Crippen LogP contribution in [0.15, 0.2) is 36.7 Å². The van der Waals surface area contributed by atoms with E-state index >= 15 is 0 Å². The predicted octanol–water partition coefficient (Wildman–Crippen LogP) is 3.05. The van der Waals surface area contributed by atoms with Gasteiger partial charge in [0.1, 0.15) is 18.0 Å². The molecule has 1 unspecified atom stereocenters. The van der Waals surface area contributed by atoms with Crippen LogP contribution in [-0.4, -0.2) is 16.0 Å². The molecule has 4 heteroatoms. The van der Waals surface area contributed by atoms with E-state index < -0.39 is 0 Å². The zero-order valence-corrected chi connectivity index (χ0v) is 12.1. The van der Waals surface area contributed by atoms with Gasteiger partial charge in [-0.05, 0) is 31.7 Å². The van der Waals surface area contributed by atoms with E-state index in [9.17, 15) is 0 Å². The van der Waals surface area contributed by atoms with Crippen LogP contribution in [0.2, 0.25) is 0 Å². The Kier molecular flexibility index (Phi) is 4.93. The smallest absolute Gasteiger partial charge is 0.134 e. The lowest BCUT2D eigenvalue weighted by Crippen LogP contribution is -2.19. The number of hydrogen-bond donors (Lipinski definition) is 2. The van der Waals surface area contributed by atoms with Crippen molar-refractivity contribution in [2.45, 2.75) is 39.2 Å². The number of rotatable bonds is 6. The molecule has 1 atom stereocenters. The van der Waals surface area contributed by atoms with Crippen molar-refractivity contribution >= 4 is 11.6 Å². The van der Waals surface area contributed by atoms with Crippen LogP contribution in [-0.2, 0) is 12.8 Å². The minimum absolute atomic E-state index is 0.342. The lowest BCUT2D eigenvalue weighted by atomic mass is 10.1. The first-order valence-corrected chi connectivity index (χ1v) is 7.10. The molecule has 0 fully saturated rings. The zero-order chi connectivity index (χ0) is 14.4. The van der Waals surface area contributed by atoms with Gasteiger partial charge >= 0.3 is 0 Å². The molecule has 0 bridgehead atoms. The first-order valence-electron chi connectivity index (χ1n) is 7.10. The molecule has 1 heterocycles. The maximum atomic E-state index is 5.88. The molecule has 0 saturated heterocycles.